The first-order chi connectivity index (χ1) is 14.7. The van der Waals surface area contributed by atoms with E-state index in [0.717, 1.165) is 33.7 Å². The molecule has 1 aliphatic rings. The summed E-state index contributed by atoms with van der Waals surface area (Å²) in [5, 5.41) is 21.5. The van der Waals surface area contributed by atoms with Crippen molar-refractivity contribution in [1.82, 2.24) is 15.0 Å². The predicted octanol–water partition coefficient (Wildman–Crippen LogP) is 2.60. The molecule has 3 heterocycles. The first kappa shape index (κ1) is 18.1. The molecule has 0 aliphatic carbocycles. The Morgan fingerprint density at radius 2 is 1.80 bits per heavy atom. The second kappa shape index (κ2) is 7.48. The van der Waals surface area contributed by atoms with Crippen LogP contribution >= 0.6 is 0 Å². The molecule has 2 aromatic heterocycles. The Kier molecular flexibility index (Phi) is 4.52. The number of benzene rings is 2. The number of aromatic hydroxyl groups is 1. The summed E-state index contributed by atoms with van der Waals surface area (Å²) in [7, 11) is 0. The predicted molar refractivity (Wildman–Crippen MR) is 112 cm³/mol. The zero-order valence-corrected chi connectivity index (χ0v) is 16.2. The maximum atomic E-state index is 11.0. The highest BCUT2D eigenvalue weighted by molar-refractivity contribution is 5.58. The Morgan fingerprint density at radius 3 is 2.53 bits per heavy atom. The molecule has 1 unspecified atom stereocenters. The van der Waals surface area contributed by atoms with Crippen molar-refractivity contribution in [3.8, 4) is 17.0 Å². The van der Waals surface area contributed by atoms with Crippen LogP contribution in [0.4, 0.5) is 0 Å². The number of hydrogen-bond donors (Lipinski definition) is 3. The molecule has 6 heteroatoms. The lowest BCUT2D eigenvalue weighted by Gasteiger charge is -2.03. The lowest BCUT2D eigenvalue weighted by atomic mass is 10.0. The Balaban J connectivity index is 1.64. The molecule has 4 aromatic rings. The van der Waals surface area contributed by atoms with E-state index in [-0.39, 0.29) is 17.6 Å². The molecule has 0 saturated heterocycles. The number of aromatic nitrogens is 4. The molecule has 3 N–H and O–H groups in total. The van der Waals surface area contributed by atoms with Gasteiger partial charge in [0.25, 0.3) is 0 Å². The fraction of sp³-hybridized carbons (Fsp3) is 0.125. The number of phenols is 1. The summed E-state index contributed by atoms with van der Waals surface area (Å²) in [5.41, 5.74) is 3.65. The van der Waals surface area contributed by atoms with Crippen LogP contribution in [0.25, 0.3) is 17.3 Å². The molecule has 6 nitrogen and oxygen atoms in total. The van der Waals surface area contributed by atoms with E-state index in [1.165, 1.54) is 0 Å². The molecule has 1 atom stereocenters. The monoisotopic (exact) mass is 397 g/mol. The number of aromatic amines is 1. The maximum Gasteiger partial charge on any atom is 0.353 e. The summed E-state index contributed by atoms with van der Waals surface area (Å²) < 4.78 is 1.82. The van der Waals surface area contributed by atoms with E-state index in [0.29, 0.717) is 12.8 Å². The summed E-state index contributed by atoms with van der Waals surface area (Å²) in [6.07, 6.45) is 8.65. The molecule has 0 radical (unpaired) electrons. The number of fused-ring (bicyclic) bond motifs is 1. The average molecular weight is 397 g/mol. The molecule has 148 valence electrons. The third kappa shape index (κ3) is 3.43. The van der Waals surface area contributed by atoms with Crippen LogP contribution < -0.4 is 9.59 Å². The van der Waals surface area contributed by atoms with E-state index >= 15 is 0 Å². The van der Waals surface area contributed by atoms with Gasteiger partial charge in [-0.25, -0.2) is 9.97 Å². The normalized spacial score (nSPS) is 15.1. The van der Waals surface area contributed by atoms with Crippen LogP contribution in [-0.2, 0) is 12.8 Å². The molecule has 0 saturated carbocycles. The zero-order valence-electron chi connectivity index (χ0n) is 16.2. The molecular weight excluding hydrogens is 376 g/mol. The van der Waals surface area contributed by atoms with Gasteiger partial charge >= 0.3 is 5.90 Å². The molecule has 0 amide bonds. The smallest absolute Gasteiger partial charge is 0.353 e. The first-order valence-corrected chi connectivity index (χ1v) is 9.85. The number of nitrogens with one attached hydrogen (secondary N) is 1. The number of H-pyrrole nitrogens is 1. The molecule has 1 aliphatic heterocycles. The highest BCUT2D eigenvalue weighted by atomic mass is 16.3. The molecule has 2 aromatic carbocycles. The van der Waals surface area contributed by atoms with Gasteiger partial charge < -0.3 is 15.2 Å². The Morgan fingerprint density at radius 1 is 1.00 bits per heavy atom. The highest BCUT2D eigenvalue weighted by Crippen LogP contribution is 2.21. The SMILES string of the molecule is OC1=[n+]2cc(-c3ccc(O)cc3)nc(Cc3ccccc3)c2=CC1Cc1ncc[nH]1. The molecule has 0 fully saturated rings. The van der Waals surface area contributed by atoms with Crippen molar-refractivity contribution >= 4 is 6.08 Å². The van der Waals surface area contributed by atoms with Gasteiger partial charge in [0, 0.05) is 36.9 Å². The lowest BCUT2D eigenvalue weighted by Crippen LogP contribution is -2.41. The van der Waals surface area contributed by atoms with Gasteiger partial charge in [0.1, 0.15) is 28.9 Å². The van der Waals surface area contributed by atoms with Gasteiger partial charge in [0.2, 0.25) is 11.5 Å². The van der Waals surface area contributed by atoms with Crippen molar-refractivity contribution in [2.24, 2.45) is 5.92 Å². The van der Waals surface area contributed by atoms with Crippen molar-refractivity contribution in [2.45, 2.75) is 12.8 Å². The number of aliphatic hydroxyl groups is 1. The van der Waals surface area contributed by atoms with Crippen LogP contribution in [0, 0.1) is 11.8 Å². The van der Waals surface area contributed by atoms with Gasteiger partial charge in [-0.05, 0) is 29.8 Å². The van der Waals surface area contributed by atoms with Crippen molar-refractivity contribution in [1.29, 1.82) is 0 Å². The Labute approximate surface area is 173 Å². The van der Waals surface area contributed by atoms with Gasteiger partial charge in [0.05, 0.1) is 0 Å². The summed E-state index contributed by atoms with van der Waals surface area (Å²) in [6, 6.07) is 17.1. The standard InChI is InChI=1S/C24H20N4O2/c29-19-8-6-17(7-9-19)21-15-28-22(20(27-21)12-16-4-2-1-3-5-16)13-18(24(28)30)14-23-25-10-11-26-23/h1-11,13,15,18H,12,14H2,(H2,25,26,29)/p+1. The summed E-state index contributed by atoms with van der Waals surface area (Å²) in [6.45, 7) is 0. The van der Waals surface area contributed by atoms with E-state index in [9.17, 15) is 10.2 Å². The lowest BCUT2D eigenvalue weighted by molar-refractivity contribution is -0.556. The van der Waals surface area contributed by atoms with Gasteiger partial charge in [-0.2, -0.15) is 0 Å². The van der Waals surface area contributed by atoms with E-state index in [4.69, 9.17) is 4.98 Å². The molecule has 0 bridgehead atoms. The van der Waals surface area contributed by atoms with Crippen molar-refractivity contribution < 1.29 is 14.5 Å². The third-order valence-corrected chi connectivity index (χ3v) is 5.35. The molecule has 5 rings (SSSR count). The quantitative estimate of drug-likeness (QED) is 0.452. The fourth-order valence-corrected chi connectivity index (χ4v) is 3.83. The van der Waals surface area contributed by atoms with E-state index in [2.05, 4.69) is 28.2 Å². The average Bonchev–Trinajstić information content (AvgIpc) is 3.38. The third-order valence-electron chi connectivity index (χ3n) is 5.35. The first-order valence-electron chi connectivity index (χ1n) is 9.85. The van der Waals surface area contributed by atoms with Gasteiger partial charge in [-0.1, -0.05) is 30.3 Å². The maximum absolute atomic E-state index is 11.0. The minimum Gasteiger partial charge on any atom is -0.508 e. The summed E-state index contributed by atoms with van der Waals surface area (Å²) >= 11 is 0. The molecular formula is C24H21N4O2+. The second-order valence-corrected chi connectivity index (χ2v) is 7.41. The van der Waals surface area contributed by atoms with Crippen LogP contribution in [0.1, 0.15) is 17.1 Å². The van der Waals surface area contributed by atoms with Gasteiger partial charge in [0.15, 0.2) is 0 Å². The number of imidazole rings is 1. The van der Waals surface area contributed by atoms with E-state index < -0.39 is 0 Å². The van der Waals surface area contributed by atoms with Crippen LogP contribution in [0.2, 0.25) is 0 Å². The summed E-state index contributed by atoms with van der Waals surface area (Å²) in [4.78, 5) is 12.3. The van der Waals surface area contributed by atoms with Crippen LogP contribution in [0.5, 0.6) is 5.75 Å². The number of phenolic OH excluding ortho intramolecular Hbond substituents is 1. The largest absolute Gasteiger partial charge is 0.508 e. The highest BCUT2D eigenvalue weighted by Gasteiger charge is 2.30. The van der Waals surface area contributed by atoms with Gasteiger partial charge in [-0.3, -0.25) is 0 Å². The number of aliphatic hydroxyl groups excluding tert-OH is 1. The zero-order chi connectivity index (χ0) is 20.5. The number of rotatable bonds is 5. The fourth-order valence-electron chi connectivity index (χ4n) is 3.83. The van der Waals surface area contributed by atoms with Crippen molar-refractivity contribution in [3.05, 3.63) is 102 Å². The number of hydrogen-bond acceptors (Lipinski definition) is 4. The van der Waals surface area contributed by atoms with Crippen LogP contribution in [0.3, 0.4) is 0 Å². The van der Waals surface area contributed by atoms with E-state index in [1.807, 2.05) is 40.8 Å². The number of nitrogens with zero attached hydrogens (tertiary/aromatic N) is 3. The van der Waals surface area contributed by atoms with Crippen molar-refractivity contribution in [3.63, 3.8) is 0 Å². The molecule has 30 heavy (non-hydrogen) atoms. The Hall–Kier alpha value is -3.93. The van der Waals surface area contributed by atoms with Crippen LogP contribution in [0.15, 0.2) is 73.2 Å². The minimum atomic E-state index is -0.178. The van der Waals surface area contributed by atoms with Crippen LogP contribution in [-0.4, -0.2) is 25.2 Å². The Bertz CT molecular complexity index is 1300. The topological polar surface area (TPSA) is 87.9 Å². The summed E-state index contributed by atoms with van der Waals surface area (Å²) in [5.74, 6) is 1.12. The minimum absolute atomic E-state index is 0.178. The van der Waals surface area contributed by atoms with Gasteiger partial charge in [-0.15, -0.1) is 4.24 Å². The molecule has 0 spiro atoms. The second-order valence-electron chi connectivity index (χ2n) is 7.41. The van der Waals surface area contributed by atoms with E-state index in [1.54, 1.807) is 24.5 Å². The van der Waals surface area contributed by atoms with Crippen molar-refractivity contribution in [2.75, 3.05) is 0 Å².